The highest BCUT2D eigenvalue weighted by molar-refractivity contribution is 9.10. The summed E-state index contributed by atoms with van der Waals surface area (Å²) >= 11 is 3.57. The average Bonchev–Trinajstić information content (AvgIpc) is 2.45. The zero-order valence-electron chi connectivity index (χ0n) is 11.5. The van der Waals surface area contributed by atoms with Crippen molar-refractivity contribution in [3.8, 4) is 5.75 Å². The van der Waals surface area contributed by atoms with Crippen LogP contribution >= 0.6 is 15.9 Å². The minimum atomic E-state index is 0.519. The van der Waals surface area contributed by atoms with Crippen molar-refractivity contribution in [3.05, 3.63) is 70.7 Å². The lowest BCUT2D eigenvalue weighted by Gasteiger charge is -2.13. The van der Waals surface area contributed by atoms with E-state index in [9.17, 15) is 0 Å². The minimum Gasteiger partial charge on any atom is -0.489 e. The maximum absolute atomic E-state index is 5.65. The van der Waals surface area contributed by atoms with Gasteiger partial charge in [0.05, 0.1) is 0 Å². The van der Waals surface area contributed by atoms with E-state index in [1.54, 1.807) is 6.08 Å². The molecule has 0 amide bonds. The molecule has 0 aliphatic heterocycles. The van der Waals surface area contributed by atoms with Crippen LogP contribution in [-0.2, 0) is 6.54 Å². The van der Waals surface area contributed by atoms with Gasteiger partial charge in [-0.1, -0.05) is 36.9 Å². The first-order valence-electron chi connectivity index (χ1n) is 6.52. The molecule has 0 aliphatic carbocycles. The molecule has 2 aromatic carbocycles. The molecule has 2 rings (SSSR count). The van der Waals surface area contributed by atoms with Gasteiger partial charge in [-0.05, 0) is 46.6 Å². The molecule has 0 heterocycles. The second-order valence-corrected chi connectivity index (χ2v) is 5.40. The standard InChI is InChI=1S/C17H18BrNO/c1-3-10-20-17-7-5-4-6-14(17)12-19-16-9-8-13(2)11-15(16)18/h3-9,11,19H,1,10,12H2,2H3. The van der Waals surface area contributed by atoms with Gasteiger partial charge in [0.1, 0.15) is 12.4 Å². The summed E-state index contributed by atoms with van der Waals surface area (Å²) < 4.78 is 6.73. The first kappa shape index (κ1) is 14.7. The van der Waals surface area contributed by atoms with E-state index in [4.69, 9.17) is 4.74 Å². The lowest BCUT2D eigenvalue weighted by atomic mass is 10.2. The van der Waals surface area contributed by atoms with Gasteiger partial charge in [0, 0.05) is 22.3 Å². The predicted molar refractivity (Wildman–Crippen MR) is 88.3 cm³/mol. The van der Waals surface area contributed by atoms with Crippen LogP contribution < -0.4 is 10.1 Å². The first-order valence-corrected chi connectivity index (χ1v) is 7.31. The quantitative estimate of drug-likeness (QED) is 0.757. The van der Waals surface area contributed by atoms with Gasteiger partial charge in [-0.15, -0.1) is 0 Å². The van der Waals surface area contributed by atoms with Crippen molar-refractivity contribution in [2.24, 2.45) is 0 Å². The molecule has 104 valence electrons. The van der Waals surface area contributed by atoms with E-state index >= 15 is 0 Å². The first-order chi connectivity index (χ1) is 9.70. The Labute approximate surface area is 128 Å². The van der Waals surface area contributed by atoms with E-state index in [0.717, 1.165) is 28.0 Å². The Morgan fingerprint density at radius 1 is 1.25 bits per heavy atom. The Bertz CT molecular complexity index is 595. The van der Waals surface area contributed by atoms with E-state index in [-0.39, 0.29) is 0 Å². The molecule has 0 atom stereocenters. The molecule has 0 aliphatic rings. The van der Waals surface area contributed by atoms with Crippen LogP contribution in [0.15, 0.2) is 59.6 Å². The number of anilines is 1. The molecule has 20 heavy (non-hydrogen) atoms. The van der Waals surface area contributed by atoms with Crippen molar-refractivity contribution in [2.45, 2.75) is 13.5 Å². The SMILES string of the molecule is C=CCOc1ccccc1CNc1ccc(C)cc1Br. The predicted octanol–water partition coefficient (Wildman–Crippen LogP) is 4.93. The Morgan fingerprint density at radius 2 is 2.05 bits per heavy atom. The average molecular weight is 332 g/mol. The van der Waals surface area contributed by atoms with Crippen LogP contribution in [0.5, 0.6) is 5.75 Å². The van der Waals surface area contributed by atoms with E-state index < -0.39 is 0 Å². The Kier molecular flexibility index (Phi) is 5.24. The summed E-state index contributed by atoms with van der Waals surface area (Å²) in [5.41, 5.74) is 3.44. The van der Waals surface area contributed by atoms with Gasteiger partial charge < -0.3 is 10.1 Å². The summed E-state index contributed by atoms with van der Waals surface area (Å²) in [6.45, 7) is 6.98. The number of para-hydroxylation sites is 1. The van der Waals surface area contributed by atoms with Crippen molar-refractivity contribution in [1.29, 1.82) is 0 Å². The third-order valence-corrected chi connectivity index (χ3v) is 3.58. The summed E-state index contributed by atoms with van der Waals surface area (Å²) in [5, 5.41) is 3.42. The van der Waals surface area contributed by atoms with E-state index in [2.05, 4.69) is 59.0 Å². The van der Waals surface area contributed by atoms with Gasteiger partial charge >= 0.3 is 0 Å². The fourth-order valence-corrected chi connectivity index (χ4v) is 2.53. The number of ether oxygens (including phenoxy) is 1. The summed E-state index contributed by atoms with van der Waals surface area (Å²) in [4.78, 5) is 0. The zero-order chi connectivity index (χ0) is 14.4. The highest BCUT2D eigenvalue weighted by Gasteiger charge is 2.04. The lowest BCUT2D eigenvalue weighted by molar-refractivity contribution is 0.359. The maximum Gasteiger partial charge on any atom is 0.124 e. The molecule has 2 nitrogen and oxygen atoms in total. The molecule has 0 spiro atoms. The fraction of sp³-hybridized carbons (Fsp3) is 0.176. The van der Waals surface area contributed by atoms with Gasteiger partial charge in [0.15, 0.2) is 0 Å². The molecule has 0 fully saturated rings. The molecule has 0 saturated heterocycles. The number of hydrogen-bond acceptors (Lipinski definition) is 2. The van der Waals surface area contributed by atoms with E-state index in [1.165, 1.54) is 5.56 Å². The molecule has 0 aromatic heterocycles. The van der Waals surface area contributed by atoms with Crippen molar-refractivity contribution in [3.63, 3.8) is 0 Å². The fourth-order valence-electron chi connectivity index (χ4n) is 1.89. The van der Waals surface area contributed by atoms with Gasteiger partial charge in [-0.2, -0.15) is 0 Å². The van der Waals surface area contributed by atoms with Crippen LogP contribution in [0.3, 0.4) is 0 Å². The van der Waals surface area contributed by atoms with Crippen LogP contribution in [0.25, 0.3) is 0 Å². The highest BCUT2D eigenvalue weighted by atomic mass is 79.9. The summed E-state index contributed by atoms with van der Waals surface area (Å²) in [7, 11) is 0. The highest BCUT2D eigenvalue weighted by Crippen LogP contribution is 2.25. The lowest BCUT2D eigenvalue weighted by Crippen LogP contribution is -2.03. The zero-order valence-corrected chi connectivity index (χ0v) is 13.1. The van der Waals surface area contributed by atoms with Gasteiger partial charge in [-0.3, -0.25) is 0 Å². The molecule has 0 saturated carbocycles. The number of hydrogen-bond donors (Lipinski definition) is 1. The third kappa shape index (κ3) is 3.87. The summed E-state index contributed by atoms with van der Waals surface area (Å²) in [6, 6.07) is 14.3. The van der Waals surface area contributed by atoms with Crippen LogP contribution in [0.4, 0.5) is 5.69 Å². The maximum atomic E-state index is 5.65. The van der Waals surface area contributed by atoms with Crippen molar-refractivity contribution in [1.82, 2.24) is 0 Å². The topological polar surface area (TPSA) is 21.3 Å². The van der Waals surface area contributed by atoms with Gasteiger partial charge in [0.2, 0.25) is 0 Å². The molecule has 0 bridgehead atoms. The van der Waals surface area contributed by atoms with Crippen molar-refractivity contribution < 1.29 is 4.74 Å². The Morgan fingerprint density at radius 3 is 2.80 bits per heavy atom. The van der Waals surface area contributed by atoms with E-state index in [0.29, 0.717) is 6.61 Å². The third-order valence-electron chi connectivity index (χ3n) is 2.92. The number of aryl methyl sites for hydroxylation is 1. The van der Waals surface area contributed by atoms with E-state index in [1.807, 2.05) is 18.2 Å². The number of nitrogens with one attached hydrogen (secondary N) is 1. The molecular formula is C17H18BrNO. The molecular weight excluding hydrogens is 314 g/mol. The molecule has 3 heteroatoms. The number of halogens is 1. The largest absolute Gasteiger partial charge is 0.489 e. The van der Waals surface area contributed by atoms with Crippen LogP contribution in [-0.4, -0.2) is 6.61 Å². The van der Waals surface area contributed by atoms with Crippen molar-refractivity contribution in [2.75, 3.05) is 11.9 Å². The monoisotopic (exact) mass is 331 g/mol. The summed E-state index contributed by atoms with van der Waals surface area (Å²) in [5.74, 6) is 0.892. The smallest absolute Gasteiger partial charge is 0.124 e. The molecule has 1 N–H and O–H groups in total. The second-order valence-electron chi connectivity index (χ2n) is 4.54. The molecule has 2 aromatic rings. The molecule has 0 radical (unpaired) electrons. The van der Waals surface area contributed by atoms with Crippen LogP contribution in [0.1, 0.15) is 11.1 Å². The van der Waals surface area contributed by atoms with Crippen LogP contribution in [0.2, 0.25) is 0 Å². The Hall–Kier alpha value is -1.74. The Balaban J connectivity index is 2.08. The van der Waals surface area contributed by atoms with Gasteiger partial charge in [0.25, 0.3) is 0 Å². The number of rotatable bonds is 6. The molecule has 0 unspecified atom stereocenters. The van der Waals surface area contributed by atoms with Crippen LogP contribution in [0, 0.1) is 6.92 Å². The van der Waals surface area contributed by atoms with Crippen molar-refractivity contribution >= 4 is 21.6 Å². The minimum absolute atomic E-state index is 0.519. The normalized spacial score (nSPS) is 10.1. The number of benzene rings is 2. The van der Waals surface area contributed by atoms with Gasteiger partial charge in [-0.25, -0.2) is 0 Å². The summed E-state index contributed by atoms with van der Waals surface area (Å²) in [6.07, 6.45) is 1.75. The second kappa shape index (κ2) is 7.15.